The summed E-state index contributed by atoms with van der Waals surface area (Å²) >= 11 is 0. The van der Waals surface area contributed by atoms with Gasteiger partial charge in [0.1, 0.15) is 73.3 Å². The summed E-state index contributed by atoms with van der Waals surface area (Å²) in [4.78, 5) is 138. The molecule has 0 radical (unpaired) electrons. The highest BCUT2D eigenvalue weighted by Crippen LogP contribution is 2.27. The van der Waals surface area contributed by atoms with Crippen molar-refractivity contribution >= 4 is 87.5 Å². The van der Waals surface area contributed by atoms with E-state index in [4.69, 9.17) is 61.8 Å². The van der Waals surface area contributed by atoms with Gasteiger partial charge in [-0.05, 0) is 206 Å². The average Bonchev–Trinajstić information content (AvgIpc) is 0.841. The standard InChI is InChI=1S/2C21H19N3O4.3C21H19N3O3/c1-27-18-7-3-5-15(9-18)21(26)24-17-6-2-4-14(8-17)13-28-19-10-16(20(22)25)11-23-12-19;1-27-19-8-3-2-7-18(19)21(26)24-16-6-4-5-14(9-16)13-28-17-10-15(20(22)25)11-23-12-17;1-14-4-2-6-16(8-14)21(26)24-18-7-3-5-15(9-18)13-27-19-10-17(20(22)25)11-23-12-19;1-14-5-2-3-8-19(14)21(26)24-17-7-4-6-15(9-17)13-27-18-10-16(20(22)25)11-23-12-18;1-14-5-7-16(8-6-14)21(26)24-18-4-2-3-15(9-18)13-27-19-10-17(20(22)25)11-23-12-19/h2*2-12H,13H2,1H3,(H2,22,25)(H,24,26);3*2-12H,13H2,1H3,(H2,22,25)(H,24,26). The number of nitrogens with two attached hydrogens (primary N) is 5. The third-order valence-electron chi connectivity index (χ3n) is 19.6. The Morgan fingerprint density at radius 1 is 0.241 bits per heavy atom. The van der Waals surface area contributed by atoms with Crippen LogP contribution in [0.5, 0.6) is 40.2 Å². The monoisotopic (exact) mass is 1840 g/mol. The van der Waals surface area contributed by atoms with E-state index in [0.29, 0.717) is 96.5 Å². The molecule has 15 rings (SSSR count). The third-order valence-corrected chi connectivity index (χ3v) is 19.6. The van der Waals surface area contributed by atoms with Gasteiger partial charge >= 0.3 is 0 Å². The van der Waals surface area contributed by atoms with E-state index in [1.807, 2.05) is 172 Å². The number of anilines is 5. The minimum absolute atomic E-state index is 0.162. The minimum atomic E-state index is -0.570. The molecule has 5 aromatic heterocycles. The van der Waals surface area contributed by atoms with Gasteiger partial charge in [-0.25, -0.2) is 0 Å². The van der Waals surface area contributed by atoms with Crippen molar-refractivity contribution in [3.05, 3.63) is 435 Å². The zero-order valence-electron chi connectivity index (χ0n) is 74.9. The molecule has 10 aromatic carbocycles. The van der Waals surface area contributed by atoms with Gasteiger partial charge in [-0.3, -0.25) is 72.9 Å². The zero-order chi connectivity index (χ0) is 97.5. The predicted molar refractivity (Wildman–Crippen MR) is 517 cm³/mol. The molecule has 0 aliphatic carbocycles. The van der Waals surface area contributed by atoms with Gasteiger partial charge in [0.2, 0.25) is 29.5 Å². The van der Waals surface area contributed by atoms with Crippen molar-refractivity contribution in [2.75, 3.05) is 40.8 Å². The second kappa shape index (κ2) is 49.9. The Hall–Kier alpha value is -18.8. The van der Waals surface area contributed by atoms with Gasteiger partial charge in [-0.15, -0.1) is 0 Å². The van der Waals surface area contributed by atoms with Crippen LogP contribution in [0.3, 0.4) is 0 Å². The molecule has 15 aromatic rings. The highest BCUT2D eigenvalue weighted by Gasteiger charge is 2.18. The number of para-hydroxylation sites is 1. The highest BCUT2D eigenvalue weighted by molar-refractivity contribution is 6.08. The molecule has 15 N–H and O–H groups in total. The van der Waals surface area contributed by atoms with E-state index in [2.05, 4.69) is 51.5 Å². The maximum atomic E-state index is 12.5. The fraction of sp³-hybridized carbons (Fsp3) is 0.0952. The maximum absolute atomic E-state index is 12.5. The summed E-state index contributed by atoms with van der Waals surface area (Å²) < 4.78 is 38.7. The molecule has 0 atom stereocenters. The number of methoxy groups -OCH3 is 2. The van der Waals surface area contributed by atoms with Crippen LogP contribution < -0.4 is 88.4 Å². The van der Waals surface area contributed by atoms with Crippen LogP contribution in [-0.2, 0) is 33.0 Å². The number of primary amides is 5. The third kappa shape index (κ3) is 31.5. The molecule has 10 amide bonds. The first-order valence-corrected chi connectivity index (χ1v) is 42.0. The van der Waals surface area contributed by atoms with Crippen molar-refractivity contribution in [1.82, 2.24) is 24.9 Å². The van der Waals surface area contributed by atoms with Gasteiger partial charge in [-0.1, -0.05) is 132 Å². The molecular formula is C105H95N15O17. The first-order chi connectivity index (χ1) is 66.1. The van der Waals surface area contributed by atoms with Crippen LogP contribution in [0.15, 0.2) is 335 Å². The number of nitrogens with one attached hydrogen (secondary N) is 5. The molecule has 0 bridgehead atoms. The number of aromatic nitrogens is 5. The Balaban J connectivity index is 0.000000164. The van der Waals surface area contributed by atoms with Crippen LogP contribution in [0.4, 0.5) is 28.4 Å². The number of ether oxygens (including phenoxy) is 7. The summed E-state index contributed by atoms with van der Waals surface area (Å²) in [6.07, 6.45) is 14.4. The lowest BCUT2D eigenvalue weighted by Crippen LogP contribution is -2.13. The SMILES string of the molecule is COc1cccc(C(=O)Nc2cccc(COc3cncc(C(N)=O)c3)c2)c1.COc1ccccc1C(=O)Nc1cccc(COc2cncc(C(N)=O)c2)c1.Cc1ccc(C(=O)Nc2cccc(COc3cncc(C(N)=O)c3)c2)cc1.Cc1cccc(C(=O)Nc2cccc(COc3cncc(C(N)=O)c3)c2)c1.Cc1ccccc1C(=O)Nc1cccc(COc2cncc(C(N)=O)c2)c1. The van der Waals surface area contributed by atoms with Crippen LogP contribution in [0.1, 0.15) is 148 Å². The predicted octanol–water partition coefficient (Wildman–Crippen LogP) is 16.0. The molecule has 32 nitrogen and oxygen atoms in total. The molecule has 0 spiro atoms. The fourth-order valence-corrected chi connectivity index (χ4v) is 12.6. The molecular weight excluding hydrogens is 1740 g/mol. The van der Waals surface area contributed by atoms with E-state index in [-0.39, 0.29) is 90.4 Å². The van der Waals surface area contributed by atoms with E-state index in [1.165, 1.54) is 81.2 Å². The topological polar surface area (TPSA) is 490 Å². The van der Waals surface area contributed by atoms with E-state index in [0.717, 1.165) is 44.5 Å². The van der Waals surface area contributed by atoms with Crippen LogP contribution in [0.2, 0.25) is 0 Å². The molecule has 32 heteroatoms. The molecule has 0 saturated heterocycles. The lowest BCUT2D eigenvalue weighted by Gasteiger charge is -2.11. The van der Waals surface area contributed by atoms with Gasteiger partial charge in [-0.2, -0.15) is 0 Å². The molecule has 137 heavy (non-hydrogen) atoms. The molecule has 0 aliphatic heterocycles. The largest absolute Gasteiger partial charge is 0.497 e. The van der Waals surface area contributed by atoms with E-state index in [1.54, 1.807) is 116 Å². The summed E-state index contributed by atoms with van der Waals surface area (Å²) in [5.41, 5.74) is 40.9. The first-order valence-electron chi connectivity index (χ1n) is 42.0. The van der Waals surface area contributed by atoms with Crippen LogP contribution in [-0.4, -0.2) is 98.2 Å². The minimum Gasteiger partial charge on any atom is -0.497 e. The Morgan fingerprint density at radius 3 is 0.847 bits per heavy atom. The molecule has 692 valence electrons. The lowest BCUT2D eigenvalue weighted by molar-refractivity contribution is 0.0991. The fourth-order valence-electron chi connectivity index (χ4n) is 12.6. The summed E-state index contributed by atoms with van der Waals surface area (Å²) in [5.74, 6) is -0.530. The second-order valence-corrected chi connectivity index (χ2v) is 30.1. The van der Waals surface area contributed by atoms with Crippen molar-refractivity contribution in [1.29, 1.82) is 0 Å². The number of nitrogens with zero attached hydrogens (tertiary/aromatic N) is 5. The summed E-state index contributed by atoms with van der Waals surface area (Å²) in [5, 5.41) is 14.3. The molecule has 0 unspecified atom stereocenters. The van der Waals surface area contributed by atoms with Crippen molar-refractivity contribution in [3.8, 4) is 40.2 Å². The van der Waals surface area contributed by atoms with E-state index < -0.39 is 29.5 Å². The van der Waals surface area contributed by atoms with E-state index >= 15 is 0 Å². The maximum Gasteiger partial charge on any atom is 0.259 e. The van der Waals surface area contributed by atoms with Crippen molar-refractivity contribution in [2.45, 2.75) is 53.8 Å². The average molecular weight is 1840 g/mol. The van der Waals surface area contributed by atoms with Crippen molar-refractivity contribution < 1.29 is 81.1 Å². The first kappa shape index (κ1) is 98.8. The van der Waals surface area contributed by atoms with Gasteiger partial charge in [0, 0.05) is 81.7 Å². The van der Waals surface area contributed by atoms with Crippen molar-refractivity contribution in [3.63, 3.8) is 0 Å². The lowest BCUT2D eigenvalue weighted by atomic mass is 10.1. The number of benzene rings is 10. The summed E-state index contributed by atoms with van der Waals surface area (Å²) in [6, 6.07) is 80.4. The summed E-state index contributed by atoms with van der Waals surface area (Å²) in [7, 11) is 3.07. The van der Waals surface area contributed by atoms with Gasteiger partial charge < -0.3 is 88.4 Å². The molecule has 0 fully saturated rings. The van der Waals surface area contributed by atoms with Gasteiger partial charge in [0.25, 0.3) is 29.5 Å². The molecule has 0 saturated carbocycles. The Labute approximate surface area is 788 Å². The van der Waals surface area contributed by atoms with Gasteiger partial charge in [0.05, 0.1) is 78.6 Å². The Morgan fingerprint density at radius 2 is 0.526 bits per heavy atom. The second-order valence-electron chi connectivity index (χ2n) is 30.1. The normalized spacial score (nSPS) is 10.2. The molecule has 5 heterocycles. The van der Waals surface area contributed by atoms with E-state index in [9.17, 15) is 47.9 Å². The quantitative estimate of drug-likeness (QED) is 0.0187. The number of amides is 10. The number of hydrogen-bond acceptors (Lipinski definition) is 22. The van der Waals surface area contributed by atoms with Crippen LogP contribution in [0.25, 0.3) is 0 Å². The number of hydrogen-bond donors (Lipinski definition) is 10. The molecule has 0 aliphatic rings. The number of aryl methyl sites for hydroxylation is 3. The number of carbonyl (C=O) groups is 10. The Bertz CT molecular complexity index is 6820. The number of rotatable bonds is 32. The number of pyridine rings is 5. The van der Waals surface area contributed by atoms with Crippen LogP contribution in [0, 0.1) is 20.8 Å². The van der Waals surface area contributed by atoms with Gasteiger partial charge in [0.15, 0.2) is 0 Å². The number of carbonyl (C=O) groups excluding carboxylic acids is 10. The highest BCUT2D eigenvalue weighted by atomic mass is 16.5. The van der Waals surface area contributed by atoms with Crippen molar-refractivity contribution in [2.24, 2.45) is 28.7 Å². The Kier molecular flexibility index (Phi) is 36.0. The zero-order valence-corrected chi connectivity index (χ0v) is 74.9. The summed E-state index contributed by atoms with van der Waals surface area (Å²) in [6.45, 7) is 7.08. The smallest absolute Gasteiger partial charge is 0.259 e. The van der Waals surface area contributed by atoms with Crippen LogP contribution >= 0.6 is 0 Å².